The first-order valence-electron chi connectivity index (χ1n) is 7.30. The lowest BCUT2D eigenvalue weighted by atomic mass is 9.85. The van der Waals surface area contributed by atoms with Crippen LogP contribution in [0.4, 0.5) is 0 Å². The van der Waals surface area contributed by atoms with Gasteiger partial charge in [0.05, 0.1) is 23.0 Å². The smallest absolute Gasteiger partial charge is 0.250 e. The van der Waals surface area contributed by atoms with Crippen molar-refractivity contribution in [1.29, 1.82) is 0 Å². The maximum Gasteiger partial charge on any atom is 0.250 e. The van der Waals surface area contributed by atoms with Crippen LogP contribution in [0.2, 0.25) is 0 Å². The van der Waals surface area contributed by atoms with E-state index in [1.54, 1.807) is 0 Å². The number of phenols is 1. The summed E-state index contributed by atoms with van der Waals surface area (Å²) in [5.74, 6) is -0.302. The van der Waals surface area contributed by atoms with Gasteiger partial charge in [0, 0.05) is 5.56 Å². The van der Waals surface area contributed by atoms with Crippen LogP contribution in [0.3, 0.4) is 0 Å². The van der Waals surface area contributed by atoms with Crippen molar-refractivity contribution in [3.05, 3.63) is 42.0 Å². The predicted octanol–water partition coefficient (Wildman–Crippen LogP) is 0.0985. The minimum absolute atomic E-state index is 0.135. The Labute approximate surface area is 150 Å². The highest BCUT2D eigenvalue weighted by atomic mass is 32.2. The average Bonchev–Trinajstić information content (AvgIpc) is 3.00. The Morgan fingerprint density at radius 2 is 2.16 bits per heavy atom. The van der Waals surface area contributed by atoms with Crippen molar-refractivity contribution in [2.45, 2.75) is 5.16 Å². The number of hydrogen-bond acceptors (Lipinski definition) is 5. The van der Waals surface area contributed by atoms with E-state index in [0.717, 1.165) is 11.0 Å². The van der Waals surface area contributed by atoms with Crippen molar-refractivity contribution in [2.75, 3.05) is 5.75 Å². The number of aromatic hydroxyl groups is 1. The van der Waals surface area contributed by atoms with Gasteiger partial charge in [0.2, 0.25) is 0 Å². The highest BCUT2D eigenvalue weighted by Crippen LogP contribution is 2.18. The Bertz CT molecular complexity index is 925. The number of carbonyl (C=O) groups excluding carboxylic acids is 1. The zero-order valence-electron chi connectivity index (χ0n) is 13.1. The second-order valence-electron chi connectivity index (χ2n) is 5.19. The van der Waals surface area contributed by atoms with Crippen LogP contribution >= 0.6 is 11.8 Å². The molecular weight excluding hydrogens is 334 g/mol. The Kier molecular flexibility index (Phi) is 5.14. The summed E-state index contributed by atoms with van der Waals surface area (Å²) in [5, 5.41) is 14.3. The molecule has 0 bridgehead atoms. The molecule has 0 saturated heterocycles. The molecule has 2 aromatic carbocycles. The molecule has 0 aliphatic heterocycles. The standard InChI is InChI=1S/C16H12B2N4O2S/c17-10-5-9(15(24)11(18)6-10)7-19-22-14(23)8-25-16-20-12-3-1-2-4-13(12)21-16/h1-7,24H,8H2,(H,20,21)(H,22,23)/b19-7+. The number of benzene rings is 2. The molecule has 0 spiro atoms. The number of imidazole rings is 1. The lowest BCUT2D eigenvalue weighted by molar-refractivity contribution is -0.118. The highest BCUT2D eigenvalue weighted by molar-refractivity contribution is 7.99. The van der Waals surface area contributed by atoms with E-state index < -0.39 is 0 Å². The number of thioether (sulfide) groups is 1. The number of nitrogens with one attached hydrogen (secondary N) is 2. The number of nitrogens with zero attached hydrogens (tertiary/aromatic N) is 2. The van der Waals surface area contributed by atoms with Crippen LogP contribution in [0, 0.1) is 0 Å². The number of para-hydroxylation sites is 2. The monoisotopic (exact) mass is 346 g/mol. The number of fused-ring (bicyclic) bond motifs is 1. The van der Waals surface area contributed by atoms with Gasteiger partial charge in [-0.15, -0.1) is 0 Å². The van der Waals surface area contributed by atoms with Gasteiger partial charge in [0.15, 0.2) is 5.16 Å². The topological polar surface area (TPSA) is 90.4 Å². The quantitative estimate of drug-likeness (QED) is 0.265. The lowest BCUT2D eigenvalue weighted by Crippen LogP contribution is -2.20. The van der Waals surface area contributed by atoms with Gasteiger partial charge in [0.25, 0.3) is 5.91 Å². The summed E-state index contributed by atoms with van der Waals surface area (Å²) in [6.45, 7) is 0. The number of amides is 1. The van der Waals surface area contributed by atoms with E-state index in [2.05, 4.69) is 20.5 Å². The van der Waals surface area contributed by atoms with Crippen molar-refractivity contribution < 1.29 is 9.90 Å². The Morgan fingerprint density at radius 1 is 1.36 bits per heavy atom. The van der Waals surface area contributed by atoms with Crippen LogP contribution in [-0.2, 0) is 4.79 Å². The molecule has 3 aromatic rings. The van der Waals surface area contributed by atoms with E-state index in [0.29, 0.717) is 16.2 Å². The van der Waals surface area contributed by atoms with Gasteiger partial charge in [0.1, 0.15) is 21.4 Å². The molecule has 0 atom stereocenters. The number of rotatable bonds is 5. The van der Waals surface area contributed by atoms with Crippen LogP contribution in [0.5, 0.6) is 5.75 Å². The van der Waals surface area contributed by atoms with E-state index in [4.69, 9.17) is 15.7 Å². The van der Waals surface area contributed by atoms with E-state index in [9.17, 15) is 9.90 Å². The fraction of sp³-hybridized carbons (Fsp3) is 0.0625. The fourth-order valence-electron chi connectivity index (χ4n) is 2.14. The molecule has 3 N–H and O–H groups in total. The van der Waals surface area contributed by atoms with E-state index in [-0.39, 0.29) is 22.9 Å². The molecule has 0 saturated carbocycles. The summed E-state index contributed by atoms with van der Waals surface area (Å²) in [5.41, 5.74) is 5.00. The Morgan fingerprint density at radius 3 is 2.96 bits per heavy atom. The number of hydrazone groups is 1. The first kappa shape index (κ1) is 17.2. The van der Waals surface area contributed by atoms with Crippen molar-refractivity contribution >= 4 is 61.5 Å². The van der Waals surface area contributed by atoms with E-state index in [1.165, 1.54) is 30.1 Å². The summed E-state index contributed by atoms with van der Waals surface area (Å²) in [6, 6.07) is 10.6. The number of carbonyl (C=O) groups is 1. The van der Waals surface area contributed by atoms with E-state index >= 15 is 0 Å². The maximum absolute atomic E-state index is 11.8. The van der Waals surface area contributed by atoms with Crippen LogP contribution in [-0.4, -0.2) is 48.6 Å². The molecule has 0 unspecified atom stereocenters. The zero-order valence-corrected chi connectivity index (χ0v) is 13.9. The molecular formula is C16H12B2N4O2S. The molecule has 1 aromatic heterocycles. The predicted molar refractivity (Wildman–Crippen MR) is 101 cm³/mol. The average molecular weight is 346 g/mol. The van der Waals surface area contributed by atoms with Gasteiger partial charge in [-0.3, -0.25) is 4.79 Å². The molecule has 0 aliphatic carbocycles. The third-order valence-electron chi connectivity index (χ3n) is 3.29. The Balaban J connectivity index is 1.56. The summed E-state index contributed by atoms with van der Waals surface area (Å²) in [4.78, 5) is 19.3. The van der Waals surface area contributed by atoms with Crippen molar-refractivity contribution in [2.24, 2.45) is 5.10 Å². The molecule has 3 rings (SSSR count). The van der Waals surface area contributed by atoms with Crippen LogP contribution in [0.25, 0.3) is 11.0 Å². The summed E-state index contributed by atoms with van der Waals surface area (Å²) < 4.78 is 0. The first-order chi connectivity index (χ1) is 12.0. The lowest BCUT2D eigenvalue weighted by Gasteiger charge is -2.05. The van der Waals surface area contributed by atoms with Crippen LogP contribution in [0.15, 0.2) is 46.7 Å². The fourth-order valence-corrected chi connectivity index (χ4v) is 2.82. The zero-order chi connectivity index (χ0) is 17.8. The number of phenolic OH excluding ortho intramolecular Hbond substituents is 1. The SMILES string of the molecule is [B]c1cc([B])c(O)c(/C=N/NC(=O)CSc2nc3ccccc3[nH]2)c1. The number of H-pyrrole nitrogens is 1. The molecule has 0 fully saturated rings. The van der Waals surface area contributed by atoms with Crippen molar-refractivity contribution in [1.82, 2.24) is 15.4 Å². The first-order valence-corrected chi connectivity index (χ1v) is 8.29. The van der Waals surface area contributed by atoms with Gasteiger partial charge in [-0.2, -0.15) is 5.10 Å². The van der Waals surface area contributed by atoms with Crippen LogP contribution in [0.1, 0.15) is 5.56 Å². The van der Waals surface area contributed by atoms with Gasteiger partial charge in [-0.1, -0.05) is 47.0 Å². The minimum Gasteiger partial charge on any atom is -0.508 e. The molecule has 4 radical (unpaired) electrons. The normalized spacial score (nSPS) is 11.2. The van der Waals surface area contributed by atoms with Crippen molar-refractivity contribution in [3.63, 3.8) is 0 Å². The van der Waals surface area contributed by atoms with Gasteiger partial charge in [-0.25, -0.2) is 10.4 Å². The molecule has 6 nitrogen and oxygen atoms in total. The van der Waals surface area contributed by atoms with Gasteiger partial charge >= 0.3 is 0 Å². The minimum atomic E-state index is -0.307. The third kappa shape index (κ3) is 4.24. The summed E-state index contributed by atoms with van der Waals surface area (Å²) in [6.07, 6.45) is 1.28. The number of aromatic nitrogens is 2. The maximum atomic E-state index is 11.8. The van der Waals surface area contributed by atoms with Gasteiger partial charge in [-0.05, 0) is 12.1 Å². The molecule has 120 valence electrons. The van der Waals surface area contributed by atoms with Crippen LogP contribution < -0.4 is 16.4 Å². The Hall–Kier alpha value is -2.67. The highest BCUT2D eigenvalue weighted by Gasteiger charge is 2.07. The van der Waals surface area contributed by atoms with E-state index in [1.807, 2.05) is 24.3 Å². The van der Waals surface area contributed by atoms with Crippen molar-refractivity contribution in [3.8, 4) is 5.75 Å². The second kappa shape index (κ2) is 7.48. The third-order valence-corrected chi connectivity index (χ3v) is 4.17. The second-order valence-corrected chi connectivity index (χ2v) is 6.15. The largest absolute Gasteiger partial charge is 0.508 e. The number of hydrogen-bond donors (Lipinski definition) is 3. The molecule has 0 aliphatic rings. The summed E-state index contributed by atoms with van der Waals surface area (Å²) in [7, 11) is 11.3. The number of aromatic amines is 1. The molecule has 1 amide bonds. The van der Waals surface area contributed by atoms with Gasteiger partial charge < -0.3 is 10.1 Å². The molecule has 25 heavy (non-hydrogen) atoms. The molecule has 1 heterocycles. The summed E-state index contributed by atoms with van der Waals surface area (Å²) >= 11 is 1.27. The molecule has 9 heteroatoms.